The molecular formula is C25H22F3N7O. The first-order valence-corrected chi connectivity index (χ1v) is 11.2. The lowest BCUT2D eigenvalue weighted by atomic mass is 10.1. The highest BCUT2D eigenvalue weighted by Crippen LogP contribution is 2.30. The lowest BCUT2D eigenvalue weighted by Gasteiger charge is -2.19. The van der Waals surface area contributed by atoms with E-state index in [-0.39, 0.29) is 5.56 Å². The van der Waals surface area contributed by atoms with Crippen molar-refractivity contribution >= 4 is 41.1 Å². The summed E-state index contributed by atoms with van der Waals surface area (Å²) in [5.41, 5.74) is 1.83. The van der Waals surface area contributed by atoms with Crippen LogP contribution in [0.25, 0.3) is 5.82 Å². The molecule has 0 unspecified atom stereocenters. The number of hydrogen-bond acceptors (Lipinski definition) is 6. The zero-order valence-electron chi connectivity index (χ0n) is 19.5. The summed E-state index contributed by atoms with van der Waals surface area (Å²) in [6, 6.07) is 11.4. The number of benzene rings is 2. The largest absolute Gasteiger partial charge is 0.416 e. The van der Waals surface area contributed by atoms with E-state index in [4.69, 9.17) is 0 Å². The van der Waals surface area contributed by atoms with Gasteiger partial charge >= 0.3 is 6.18 Å². The molecule has 0 saturated carbocycles. The quantitative estimate of drug-likeness (QED) is 0.520. The van der Waals surface area contributed by atoms with Gasteiger partial charge in [-0.1, -0.05) is 12.1 Å². The minimum absolute atomic E-state index is 0.0837. The first-order chi connectivity index (χ1) is 17.2. The van der Waals surface area contributed by atoms with Crippen LogP contribution in [-0.2, 0) is 6.18 Å². The van der Waals surface area contributed by atoms with E-state index in [1.165, 1.54) is 12.1 Å². The van der Waals surface area contributed by atoms with E-state index in [9.17, 15) is 18.0 Å². The number of anilines is 3. The Labute approximate surface area is 204 Å². The molecule has 1 amide bonds. The van der Waals surface area contributed by atoms with Gasteiger partial charge in [-0.3, -0.25) is 9.79 Å². The first-order valence-electron chi connectivity index (χ1n) is 11.2. The number of amides is 1. The standard InChI is InChI=1S/C25H22F3N7O/c1-15-6-7-19(31-24(36)17-4-3-5-18(11-17)25(26,27)28)12-20(15)32-23-10-16(2)33-35(23)22-13-21-29-8-9-34(21)14-30-22/h3-7,10-14,32H,8-9H2,1-2H3,(H,31,36). The molecule has 5 rings (SSSR count). The van der Waals surface area contributed by atoms with E-state index in [2.05, 4.69) is 25.7 Å². The third kappa shape index (κ3) is 4.72. The molecule has 2 aliphatic heterocycles. The molecule has 3 heterocycles. The average molecular weight is 493 g/mol. The van der Waals surface area contributed by atoms with Gasteiger partial charge in [0.25, 0.3) is 5.91 Å². The lowest BCUT2D eigenvalue weighted by Crippen LogP contribution is -2.28. The van der Waals surface area contributed by atoms with Crippen LogP contribution >= 0.6 is 0 Å². The molecule has 2 N–H and O–H groups in total. The van der Waals surface area contributed by atoms with Crippen molar-refractivity contribution in [3.63, 3.8) is 0 Å². The monoisotopic (exact) mass is 493 g/mol. The summed E-state index contributed by atoms with van der Waals surface area (Å²) in [7, 11) is 0. The van der Waals surface area contributed by atoms with E-state index in [0.29, 0.717) is 29.6 Å². The minimum Gasteiger partial charge on any atom is -0.340 e. The minimum atomic E-state index is -4.53. The van der Waals surface area contributed by atoms with Crippen LogP contribution in [0.4, 0.5) is 30.4 Å². The van der Waals surface area contributed by atoms with Gasteiger partial charge in [0.05, 0.1) is 24.1 Å². The summed E-state index contributed by atoms with van der Waals surface area (Å²) in [6.45, 7) is 5.28. The van der Waals surface area contributed by atoms with Crippen molar-refractivity contribution in [1.29, 1.82) is 0 Å². The SMILES string of the molecule is Cc1cc(Nc2cc(NC(=O)c3cccc(C(F)(F)F)c3)ccc2C)n(C2=CC3=NCCN3C=N2)n1. The molecule has 36 heavy (non-hydrogen) atoms. The second-order valence-corrected chi connectivity index (χ2v) is 8.45. The fraction of sp³-hybridized carbons (Fsp3) is 0.200. The maximum Gasteiger partial charge on any atom is 0.416 e. The molecule has 0 aliphatic carbocycles. The maximum atomic E-state index is 13.0. The third-order valence-corrected chi connectivity index (χ3v) is 5.76. The summed E-state index contributed by atoms with van der Waals surface area (Å²) in [5, 5.41) is 10.6. The molecule has 0 radical (unpaired) electrons. The number of aliphatic imine (C=N–C) groups is 2. The van der Waals surface area contributed by atoms with Gasteiger partial charge in [0.1, 0.15) is 11.7 Å². The molecule has 8 nitrogen and oxygen atoms in total. The Morgan fingerprint density at radius 2 is 1.92 bits per heavy atom. The smallest absolute Gasteiger partial charge is 0.340 e. The Balaban J connectivity index is 1.38. The number of hydrogen-bond donors (Lipinski definition) is 2. The second kappa shape index (κ2) is 8.99. The van der Waals surface area contributed by atoms with E-state index in [0.717, 1.165) is 35.8 Å². The number of nitrogens with zero attached hydrogens (tertiary/aromatic N) is 5. The van der Waals surface area contributed by atoms with Gasteiger partial charge in [-0.25, -0.2) is 4.99 Å². The van der Waals surface area contributed by atoms with Crippen LogP contribution in [0.1, 0.15) is 27.2 Å². The van der Waals surface area contributed by atoms with Gasteiger partial charge in [-0.2, -0.15) is 23.0 Å². The van der Waals surface area contributed by atoms with Crippen LogP contribution in [0.2, 0.25) is 0 Å². The van der Waals surface area contributed by atoms with Crippen molar-refractivity contribution in [1.82, 2.24) is 14.7 Å². The Kier molecular flexibility index (Phi) is 5.83. The molecule has 0 spiro atoms. The Bertz CT molecular complexity index is 1440. The van der Waals surface area contributed by atoms with Crippen molar-refractivity contribution in [2.45, 2.75) is 20.0 Å². The molecular weight excluding hydrogens is 471 g/mol. The van der Waals surface area contributed by atoms with Crippen LogP contribution in [0, 0.1) is 13.8 Å². The van der Waals surface area contributed by atoms with Crippen molar-refractivity contribution in [2.24, 2.45) is 9.98 Å². The highest BCUT2D eigenvalue weighted by molar-refractivity contribution is 6.07. The van der Waals surface area contributed by atoms with Gasteiger partial charge in [0, 0.05) is 35.6 Å². The molecule has 0 fully saturated rings. The molecule has 0 bridgehead atoms. The Morgan fingerprint density at radius 1 is 1.08 bits per heavy atom. The van der Waals surface area contributed by atoms with Crippen LogP contribution in [-0.4, -0.2) is 45.9 Å². The molecule has 184 valence electrons. The summed E-state index contributed by atoms with van der Waals surface area (Å²) in [5.74, 6) is 1.46. The van der Waals surface area contributed by atoms with E-state index in [1.807, 2.05) is 30.9 Å². The summed E-state index contributed by atoms with van der Waals surface area (Å²) >= 11 is 0. The van der Waals surface area contributed by atoms with Gasteiger partial charge in [0.15, 0.2) is 5.82 Å². The number of carbonyl (C=O) groups is 1. The Morgan fingerprint density at radius 3 is 2.72 bits per heavy atom. The number of aryl methyl sites for hydroxylation is 2. The molecule has 1 aromatic heterocycles. The number of amidine groups is 1. The normalized spacial score (nSPS) is 14.9. The molecule has 3 aromatic rings. The zero-order valence-corrected chi connectivity index (χ0v) is 19.5. The summed E-state index contributed by atoms with van der Waals surface area (Å²) < 4.78 is 40.8. The number of fused-ring (bicyclic) bond motifs is 1. The van der Waals surface area contributed by atoms with Gasteiger partial charge in [-0.15, -0.1) is 0 Å². The number of alkyl halides is 3. The third-order valence-electron chi connectivity index (χ3n) is 5.76. The van der Waals surface area contributed by atoms with E-state index >= 15 is 0 Å². The molecule has 11 heteroatoms. The highest BCUT2D eigenvalue weighted by Gasteiger charge is 2.31. The van der Waals surface area contributed by atoms with Crippen molar-refractivity contribution in [3.05, 3.63) is 77.0 Å². The maximum absolute atomic E-state index is 13.0. The van der Waals surface area contributed by atoms with Crippen molar-refractivity contribution < 1.29 is 18.0 Å². The summed E-state index contributed by atoms with van der Waals surface area (Å²) in [4.78, 5) is 23.6. The van der Waals surface area contributed by atoms with Gasteiger partial charge in [-0.05, 0) is 49.7 Å². The van der Waals surface area contributed by atoms with Crippen molar-refractivity contribution in [2.75, 3.05) is 23.7 Å². The number of rotatable bonds is 5. The number of halogens is 3. The van der Waals surface area contributed by atoms with Crippen LogP contribution < -0.4 is 10.6 Å². The average Bonchev–Trinajstić information content (AvgIpc) is 3.46. The first kappa shape index (κ1) is 23.3. The van der Waals surface area contributed by atoms with E-state index < -0.39 is 17.6 Å². The molecule has 0 atom stereocenters. The number of carbonyl (C=O) groups excluding carboxylic acids is 1. The van der Waals surface area contributed by atoms with E-state index in [1.54, 1.807) is 29.2 Å². The topological polar surface area (TPSA) is 86.9 Å². The number of nitrogens with one attached hydrogen (secondary N) is 2. The predicted octanol–water partition coefficient (Wildman–Crippen LogP) is 5.07. The zero-order chi connectivity index (χ0) is 25.4. The predicted molar refractivity (Wildman–Crippen MR) is 133 cm³/mol. The van der Waals surface area contributed by atoms with Gasteiger partial charge < -0.3 is 15.5 Å². The fourth-order valence-corrected chi connectivity index (χ4v) is 3.90. The lowest BCUT2D eigenvalue weighted by molar-refractivity contribution is -0.137. The summed E-state index contributed by atoms with van der Waals surface area (Å²) in [6.07, 6.45) is -0.931. The van der Waals surface area contributed by atoms with Crippen LogP contribution in [0.3, 0.4) is 0 Å². The van der Waals surface area contributed by atoms with Gasteiger partial charge in [0.2, 0.25) is 0 Å². The molecule has 0 saturated heterocycles. The Hall–Kier alpha value is -4.41. The number of aromatic nitrogens is 2. The van der Waals surface area contributed by atoms with Crippen molar-refractivity contribution in [3.8, 4) is 0 Å². The molecule has 2 aromatic carbocycles. The van der Waals surface area contributed by atoms with Crippen LogP contribution in [0.15, 0.2) is 64.6 Å². The fourth-order valence-electron chi connectivity index (χ4n) is 3.90. The molecule has 2 aliphatic rings. The highest BCUT2D eigenvalue weighted by atomic mass is 19.4. The second-order valence-electron chi connectivity index (χ2n) is 8.45. The van der Waals surface area contributed by atoms with Crippen LogP contribution in [0.5, 0.6) is 0 Å².